The van der Waals surface area contributed by atoms with Gasteiger partial charge in [0, 0.05) is 20.2 Å². The molecule has 1 heteroatoms. The van der Waals surface area contributed by atoms with Crippen LogP contribution in [0, 0.1) is 0 Å². The number of hydrogen-bond donors (Lipinski definition) is 0. The van der Waals surface area contributed by atoms with Crippen LogP contribution in [0.2, 0.25) is 0 Å². The molecule has 0 nitrogen and oxygen atoms in total. The standard InChI is InChI=1S/C43H30S/c1-29-13-3-2-4-18-35(37-19-7-8-21-39(37)42(29)34-26-25-30-14-5-6-15-31(30)27-34)32-16-11-17-33(28-32)36-22-12-23-40-38-20-9-10-24-41(38)44-43(36)40/h2-17,19-28H,1,18H2/b4-2-,13-3-,37-35+,42-39?. The first kappa shape index (κ1) is 26.4. The molecule has 0 bridgehead atoms. The Morgan fingerprint density at radius 3 is 2.23 bits per heavy atom. The molecule has 0 spiro atoms. The number of fused-ring (bicyclic) bond motifs is 5. The van der Waals surface area contributed by atoms with Crippen molar-refractivity contribution in [1.29, 1.82) is 0 Å². The minimum Gasteiger partial charge on any atom is -0.135 e. The largest absolute Gasteiger partial charge is 0.135 e. The summed E-state index contributed by atoms with van der Waals surface area (Å²) in [6.07, 6.45) is 9.49. The van der Waals surface area contributed by atoms with Gasteiger partial charge in [-0.3, -0.25) is 0 Å². The second kappa shape index (κ2) is 11.1. The van der Waals surface area contributed by atoms with Crippen LogP contribution in [0.3, 0.4) is 0 Å². The zero-order valence-corrected chi connectivity index (χ0v) is 25.2. The average molecular weight is 579 g/mol. The maximum Gasteiger partial charge on any atom is 0.0433 e. The van der Waals surface area contributed by atoms with Crippen LogP contribution in [-0.4, -0.2) is 0 Å². The van der Waals surface area contributed by atoms with Gasteiger partial charge in [0.15, 0.2) is 0 Å². The van der Waals surface area contributed by atoms with Crippen molar-refractivity contribution in [3.63, 3.8) is 0 Å². The molecule has 6 aromatic carbocycles. The van der Waals surface area contributed by atoms with E-state index >= 15 is 0 Å². The molecule has 0 saturated heterocycles. The Kier molecular flexibility index (Phi) is 6.67. The summed E-state index contributed by atoms with van der Waals surface area (Å²) in [4.78, 5) is 0. The van der Waals surface area contributed by atoms with Crippen molar-refractivity contribution in [3.05, 3.63) is 191 Å². The number of allylic oxidation sites excluding steroid dienone is 5. The molecule has 0 amide bonds. The molecule has 44 heavy (non-hydrogen) atoms. The zero-order chi connectivity index (χ0) is 29.5. The van der Waals surface area contributed by atoms with Crippen LogP contribution >= 0.6 is 11.3 Å². The summed E-state index contributed by atoms with van der Waals surface area (Å²) >= 11 is 1.88. The molecule has 1 aliphatic carbocycles. The van der Waals surface area contributed by atoms with Gasteiger partial charge in [-0.05, 0) is 84.8 Å². The fourth-order valence-corrected chi connectivity index (χ4v) is 7.81. The molecule has 0 radical (unpaired) electrons. The molecule has 0 saturated carbocycles. The summed E-state index contributed by atoms with van der Waals surface area (Å²) in [6, 6.07) is 48.7. The summed E-state index contributed by atoms with van der Waals surface area (Å²) in [5.74, 6) is 0. The van der Waals surface area contributed by atoms with Gasteiger partial charge >= 0.3 is 0 Å². The second-order valence-corrected chi connectivity index (χ2v) is 12.4. The third kappa shape index (κ3) is 4.63. The van der Waals surface area contributed by atoms with Crippen LogP contribution in [-0.2, 0) is 0 Å². The van der Waals surface area contributed by atoms with Crippen molar-refractivity contribution in [1.82, 2.24) is 0 Å². The fraction of sp³-hybridized carbons (Fsp3) is 0.0233. The van der Waals surface area contributed by atoms with Gasteiger partial charge in [-0.1, -0.05) is 146 Å². The fourth-order valence-electron chi connectivity index (χ4n) is 6.57. The number of rotatable bonds is 3. The first-order valence-corrected chi connectivity index (χ1v) is 15.9. The first-order valence-electron chi connectivity index (χ1n) is 15.1. The highest BCUT2D eigenvalue weighted by Crippen LogP contribution is 2.40. The number of thiophene rings is 1. The maximum absolute atomic E-state index is 4.56. The van der Waals surface area contributed by atoms with Gasteiger partial charge in [0.2, 0.25) is 0 Å². The molecule has 7 aromatic rings. The third-order valence-electron chi connectivity index (χ3n) is 8.67. The Balaban J connectivity index is 1.39. The lowest BCUT2D eigenvalue weighted by molar-refractivity contribution is 1.32. The summed E-state index contributed by atoms with van der Waals surface area (Å²) in [5, 5.41) is 7.58. The van der Waals surface area contributed by atoms with Gasteiger partial charge in [0.25, 0.3) is 0 Å². The average Bonchev–Trinajstić information content (AvgIpc) is 3.46. The molecular formula is C43H30S. The normalized spacial score (nSPS) is 16.3. The molecule has 208 valence electrons. The van der Waals surface area contributed by atoms with Gasteiger partial charge in [-0.15, -0.1) is 11.3 Å². The van der Waals surface area contributed by atoms with Crippen molar-refractivity contribution in [2.45, 2.75) is 6.42 Å². The maximum atomic E-state index is 4.56. The molecule has 1 aromatic heterocycles. The minimum atomic E-state index is 0.829. The molecule has 1 heterocycles. The van der Waals surface area contributed by atoms with E-state index in [-0.39, 0.29) is 0 Å². The minimum absolute atomic E-state index is 0.829. The quantitative estimate of drug-likeness (QED) is 0.196. The Morgan fingerprint density at radius 1 is 0.545 bits per heavy atom. The van der Waals surface area contributed by atoms with Crippen LogP contribution in [0.5, 0.6) is 0 Å². The van der Waals surface area contributed by atoms with Crippen molar-refractivity contribution in [3.8, 4) is 11.1 Å². The molecule has 0 fully saturated rings. The lowest BCUT2D eigenvalue weighted by atomic mass is 9.90. The molecule has 0 unspecified atom stereocenters. The monoisotopic (exact) mass is 578 g/mol. The molecule has 0 atom stereocenters. The predicted octanol–water partition coefficient (Wildman–Crippen LogP) is 10.3. The van der Waals surface area contributed by atoms with Gasteiger partial charge in [0.05, 0.1) is 0 Å². The van der Waals surface area contributed by atoms with Crippen LogP contribution in [0.25, 0.3) is 53.2 Å². The van der Waals surface area contributed by atoms with Crippen LogP contribution in [0.1, 0.15) is 17.5 Å². The molecule has 0 N–H and O–H groups in total. The third-order valence-corrected chi connectivity index (χ3v) is 9.89. The van der Waals surface area contributed by atoms with Gasteiger partial charge in [-0.2, -0.15) is 0 Å². The highest BCUT2D eigenvalue weighted by molar-refractivity contribution is 7.26. The van der Waals surface area contributed by atoms with Crippen LogP contribution < -0.4 is 10.4 Å². The Morgan fingerprint density at radius 2 is 1.30 bits per heavy atom. The van der Waals surface area contributed by atoms with E-state index in [1.54, 1.807) is 0 Å². The number of hydrogen-bond acceptors (Lipinski definition) is 1. The highest BCUT2D eigenvalue weighted by Gasteiger charge is 2.14. The van der Waals surface area contributed by atoms with E-state index < -0.39 is 0 Å². The van der Waals surface area contributed by atoms with Crippen molar-refractivity contribution in [2.75, 3.05) is 0 Å². The summed E-state index contributed by atoms with van der Waals surface area (Å²) in [5.41, 5.74) is 8.43. The SMILES string of the molecule is C=C1/C=C\C=C/C/C(c2cccc(-c3cccc4c3sc3ccccc34)c2)=c2/ccccc2=C1c1ccc2ccccc2c1. The van der Waals surface area contributed by atoms with Gasteiger partial charge in [-0.25, -0.2) is 0 Å². The Hall–Kier alpha value is -5.24. The second-order valence-electron chi connectivity index (χ2n) is 11.3. The Bertz CT molecular complexity index is 2430. The van der Waals surface area contributed by atoms with E-state index in [0.29, 0.717) is 0 Å². The first-order chi connectivity index (χ1) is 21.7. The van der Waals surface area contributed by atoms with E-state index in [1.165, 1.54) is 74.8 Å². The Labute approximate surface area is 261 Å². The molecule has 8 rings (SSSR count). The topological polar surface area (TPSA) is 0 Å². The number of benzene rings is 6. The van der Waals surface area contributed by atoms with E-state index in [4.69, 9.17) is 0 Å². The van der Waals surface area contributed by atoms with E-state index in [2.05, 4.69) is 164 Å². The predicted molar refractivity (Wildman–Crippen MR) is 191 cm³/mol. The lowest BCUT2D eigenvalue weighted by Gasteiger charge is -2.14. The van der Waals surface area contributed by atoms with Gasteiger partial charge in [0.1, 0.15) is 0 Å². The van der Waals surface area contributed by atoms with E-state index in [9.17, 15) is 0 Å². The van der Waals surface area contributed by atoms with Crippen molar-refractivity contribution >= 4 is 53.4 Å². The van der Waals surface area contributed by atoms with Gasteiger partial charge < -0.3 is 0 Å². The molecule has 1 aliphatic rings. The summed E-state index contributed by atoms with van der Waals surface area (Å²) in [7, 11) is 0. The highest BCUT2D eigenvalue weighted by atomic mass is 32.1. The van der Waals surface area contributed by atoms with Crippen molar-refractivity contribution < 1.29 is 0 Å². The lowest BCUT2D eigenvalue weighted by Crippen LogP contribution is -2.30. The van der Waals surface area contributed by atoms with Crippen molar-refractivity contribution in [2.24, 2.45) is 0 Å². The molecular weight excluding hydrogens is 549 g/mol. The van der Waals surface area contributed by atoms with Crippen LogP contribution in [0.4, 0.5) is 0 Å². The van der Waals surface area contributed by atoms with E-state index in [1.807, 2.05) is 11.3 Å². The zero-order valence-electron chi connectivity index (χ0n) is 24.3. The molecule has 0 aliphatic heterocycles. The smallest absolute Gasteiger partial charge is 0.0433 e. The summed E-state index contributed by atoms with van der Waals surface area (Å²) < 4.78 is 2.67. The van der Waals surface area contributed by atoms with Crippen LogP contribution in [0.15, 0.2) is 170 Å². The van der Waals surface area contributed by atoms with E-state index in [0.717, 1.165) is 12.0 Å². The summed E-state index contributed by atoms with van der Waals surface area (Å²) in [6.45, 7) is 4.56.